The summed E-state index contributed by atoms with van der Waals surface area (Å²) in [4.78, 5) is 2.59. The summed E-state index contributed by atoms with van der Waals surface area (Å²) >= 11 is 0. The van der Waals surface area contributed by atoms with Gasteiger partial charge in [-0.25, -0.2) is 0 Å². The summed E-state index contributed by atoms with van der Waals surface area (Å²) in [6.45, 7) is 9.51. The van der Waals surface area contributed by atoms with Gasteiger partial charge in [0.05, 0.1) is 0 Å². The Hall–Kier alpha value is -0.820. The Kier molecular flexibility index (Phi) is 2.83. The molecule has 1 aromatic rings. The standard InChI is InChI=1S/C14H21N/c1-12(13-7-5-4-6-8-13)15-10-9-14(2,3)11-15/h4-8,12H,9-11H2,1-3H3/t12-/m1/s1. The van der Waals surface area contributed by atoms with Crippen LogP contribution in [-0.2, 0) is 0 Å². The number of rotatable bonds is 2. The Bertz CT molecular complexity index is 315. The van der Waals surface area contributed by atoms with Crippen molar-refractivity contribution in [1.82, 2.24) is 4.90 Å². The van der Waals surface area contributed by atoms with Crippen LogP contribution in [0.1, 0.15) is 38.8 Å². The van der Waals surface area contributed by atoms with Crippen LogP contribution in [0.4, 0.5) is 0 Å². The van der Waals surface area contributed by atoms with Gasteiger partial charge in [0.25, 0.3) is 0 Å². The molecule has 1 aromatic carbocycles. The zero-order chi connectivity index (χ0) is 10.9. The first kappa shape index (κ1) is 10.7. The van der Waals surface area contributed by atoms with Crippen molar-refractivity contribution >= 4 is 0 Å². The monoisotopic (exact) mass is 203 g/mol. The third kappa shape index (κ3) is 2.40. The minimum atomic E-state index is 0.503. The van der Waals surface area contributed by atoms with E-state index in [2.05, 4.69) is 56.0 Å². The molecule has 1 nitrogen and oxygen atoms in total. The van der Waals surface area contributed by atoms with Crippen molar-refractivity contribution in [3.8, 4) is 0 Å². The van der Waals surface area contributed by atoms with Gasteiger partial charge in [-0.3, -0.25) is 4.90 Å². The number of hydrogen-bond acceptors (Lipinski definition) is 1. The molecular weight excluding hydrogens is 182 g/mol. The lowest BCUT2D eigenvalue weighted by molar-refractivity contribution is 0.232. The highest BCUT2D eigenvalue weighted by atomic mass is 15.2. The van der Waals surface area contributed by atoms with E-state index in [9.17, 15) is 0 Å². The van der Waals surface area contributed by atoms with Crippen molar-refractivity contribution < 1.29 is 0 Å². The van der Waals surface area contributed by atoms with Crippen LogP contribution >= 0.6 is 0 Å². The Labute approximate surface area is 93.1 Å². The van der Waals surface area contributed by atoms with E-state index in [0.717, 1.165) is 0 Å². The van der Waals surface area contributed by atoms with E-state index in [1.54, 1.807) is 0 Å². The van der Waals surface area contributed by atoms with Crippen LogP contribution in [0, 0.1) is 5.41 Å². The Morgan fingerprint density at radius 1 is 1.20 bits per heavy atom. The summed E-state index contributed by atoms with van der Waals surface area (Å²) in [7, 11) is 0. The van der Waals surface area contributed by atoms with E-state index in [4.69, 9.17) is 0 Å². The molecule has 1 aliphatic heterocycles. The SMILES string of the molecule is C[C@H](c1ccccc1)N1CCC(C)(C)C1. The molecule has 0 amide bonds. The van der Waals surface area contributed by atoms with Gasteiger partial charge in [0, 0.05) is 12.6 Å². The third-order valence-corrected chi connectivity index (χ3v) is 3.54. The van der Waals surface area contributed by atoms with Gasteiger partial charge >= 0.3 is 0 Å². The molecule has 0 saturated carbocycles. The van der Waals surface area contributed by atoms with Crippen LogP contribution in [-0.4, -0.2) is 18.0 Å². The van der Waals surface area contributed by atoms with Crippen molar-refractivity contribution in [1.29, 1.82) is 0 Å². The van der Waals surface area contributed by atoms with E-state index < -0.39 is 0 Å². The number of hydrogen-bond donors (Lipinski definition) is 0. The summed E-state index contributed by atoms with van der Waals surface area (Å²) in [6.07, 6.45) is 1.32. The predicted molar refractivity (Wildman–Crippen MR) is 64.8 cm³/mol. The van der Waals surface area contributed by atoms with E-state index in [-0.39, 0.29) is 0 Å². The average Bonchev–Trinajstić information content (AvgIpc) is 2.59. The number of benzene rings is 1. The molecule has 0 aromatic heterocycles. The molecule has 1 heterocycles. The average molecular weight is 203 g/mol. The molecule has 82 valence electrons. The zero-order valence-electron chi connectivity index (χ0n) is 10.0. The maximum atomic E-state index is 2.59. The van der Waals surface area contributed by atoms with Gasteiger partial charge in [-0.2, -0.15) is 0 Å². The first-order valence-electron chi connectivity index (χ1n) is 5.87. The summed E-state index contributed by atoms with van der Waals surface area (Å²) in [5.74, 6) is 0. The van der Waals surface area contributed by atoms with Gasteiger partial charge in [0.2, 0.25) is 0 Å². The summed E-state index contributed by atoms with van der Waals surface area (Å²) < 4.78 is 0. The molecule has 0 bridgehead atoms. The minimum absolute atomic E-state index is 0.503. The van der Waals surface area contributed by atoms with Crippen molar-refractivity contribution in [2.75, 3.05) is 13.1 Å². The Balaban J connectivity index is 2.07. The minimum Gasteiger partial charge on any atom is -0.296 e. The molecule has 1 fully saturated rings. The van der Waals surface area contributed by atoms with Crippen LogP contribution < -0.4 is 0 Å². The van der Waals surface area contributed by atoms with Crippen LogP contribution in [0.25, 0.3) is 0 Å². The van der Waals surface area contributed by atoms with Crippen LogP contribution in [0.3, 0.4) is 0 Å². The maximum absolute atomic E-state index is 2.59. The lowest BCUT2D eigenvalue weighted by atomic mass is 9.93. The van der Waals surface area contributed by atoms with Crippen molar-refractivity contribution in [2.24, 2.45) is 5.41 Å². The first-order chi connectivity index (χ1) is 7.08. The zero-order valence-corrected chi connectivity index (χ0v) is 10.0. The molecule has 0 aliphatic carbocycles. The highest BCUT2D eigenvalue weighted by molar-refractivity contribution is 5.18. The van der Waals surface area contributed by atoms with Crippen molar-refractivity contribution in [3.63, 3.8) is 0 Å². The summed E-state index contributed by atoms with van der Waals surface area (Å²) in [5.41, 5.74) is 1.94. The lowest BCUT2D eigenvalue weighted by Gasteiger charge is -2.26. The molecule has 0 unspecified atom stereocenters. The molecular formula is C14H21N. The van der Waals surface area contributed by atoms with Gasteiger partial charge in [-0.15, -0.1) is 0 Å². The quantitative estimate of drug-likeness (QED) is 0.711. The predicted octanol–water partition coefficient (Wildman–Crippen LogP) is 3.48. The van der Waals surface area contributed by atoms with Crippen LogP contribution in [0.2, 0.25) is 0 Å². The fourth-order valence-electron chi connectivity index (χ4n) is 2.43. The molecule has 0 spiro atoms. The topological polar surface area (TPSA) is 3.24 Å². The lowest BCUT2D eigenvalue weighted by Crippen LogP contribution is -2.26. The van der Waals surface area contributed by atoms with Gasteiger partial charge in [-0.05, 0) is 30.9 Å². The van der Waals surface area contributed by atoms with Gasteiger partial charge in [0.15, 0.2) is 0 Å². The normalized spacial score (nSPS) is 22.9. The Morgan fingerprint density at radius 2 is 1.87 bits per heavy atom. The first-order valence-corrected chi connectivity index (χ1v) is 5.87. The molecule has 1 saturated heterocycles. The largest absolute Gasteiger partial charge is 0.296 e. The second kappa shape index (κ2) is 3.97. The van der Waals surface area contributed by atoms with Crippen molar-refractivity contribution in [3.05, 3.63) is 35.9 Å². The molecule has 0 N–H and O–H groups in total. The second-order valence-electron chi connectivity index (χ2n) is 5.47. The van der Waals surface area contributed by atoms with Gasteiger partial charge < -0.3 is 0 Å². The van der Waals surface area contributed by atoms with Gasteiger partial charge in [0.1, 0.15) is 0 Å². The highest BCUT2D eigenvalue weighted by Crippen LogP contribution is 2.34. The molecule has 1 heteroatoms. The molecule has 2 rings (SSSR count). The van der Waals surface area contributed by atoms with Crippen LogP contribution in [0.5, 0.6) is 0 Å². The van der Waals surface area contributed by atoms with Crippen LogP contribution in [0.15, 0.2) is 30.3 Å². The Morgan fingerprint density at radius 3 is 2.40 bits per heavy atom. The van der Waals surface area contributed by atoms with Gasteiger partial charge in [-0.1, -0.05) is 44.2 Å². The van der Waals surface area contributed by atoms with E-state index in [0.29, 0.717) is 11.5 Å². The fraction of sp³-hybridized carbons (Fsp3) is 0.571. The summed E-state index contributed by atoms with van der Waals surface area (Å²) in [6, 6.07) is 11.4. The second-order valence-corrected chi connectivity index (χ2v) is 5.47. The number of likely N-dealkylation sites (tertiary alicyclic amines) is 1. The highest BCUT2D eigenvalue weighted by Gasteiger charge is 2.31. The smallest absolute Gasteiger partial charge is 0.0320 e. The molecule has 15 heavy (non-hydrogen) atoms. The molecule has 0 radical (unpaired) electrons. The van der Waals surface area contributed by atoms with Crippen molar-refractivity contribution in [2.45, 2.75) is 33.2 Å². The van der Waals surface area contributed by atoms with E-state index in [1.165, 1.54) is 25.1 Å². The maximum Gasteiger partial charge on any atom is 0.0320 e. The number of nitrogens with zero attached hydrogens (tertiary/aromatic N) is 1. The van der Waals surface area contributed by atoms with E-state index in [1.807, 2.05) is 0 Å². The molecule has 1 aliphatic rings. The fourth-order valence-corrected chi connectivity index (χ4v) is 2.43. The molecule has 1 atom stereocenters. The van der Waals surface area contributed by atoms with E-state index >= 15 is 0 Å². The summed E-state index contributed by atoms with van der Waals surface area (Å²) in [5, 5.41) is 0. The third-order valence-electron chi connectivity index (χ3n) is 3.54.